The van der Waals surface area contributed by atoms with Gasteiger partial charge in [0.25, 0.3) is 0 Å². The van der Waals surface area contributed by atoms with E-state index in [1.165, 1.54) is 18.7 Å². The second-order valence-electron chi connectivity index (χ2n) is 3.79. The molecule has 0 radical (unpaired) electrons. The molecule has 0 saturated carbocycles. The standard InChI is InChI=1S/C9H16O4S/c1-6-7(3-4-13-6)14-5-9(2,12)8(10)11/h6-7,12H,3-5H2,1-2H3,(H,10,11). The maximum atomic E-state index is 10.6. The van der Waals surface area contributed by atoms with Gasteiger partial charge < -0.3 is 14.9 Å². The van der Waals surface area contributed by atoms with Crippen LogP contribution in [0.1, 0.15) is 20.3 Å². The summed E-state index contributed by atoms with van der Waals surface area (Å²) >= 11 is 1.47. The summed E-state index contributed by atoms with van der Waals surface area (Å²) in [7, 11) is 0. The van der Waals surface area contributed by atoms with Crippen LogP contribution in [0.2, 0.25) is 0 Å². The average Bonchev–Trinajstić information content (AvgIpc) is 2.47. The molecule has 1 aliphatic rings. The zero-order chi connectivity index (χ0) is 10.8. The first-order chi connectivity index (χ1) is 6.43. The van der Waals surface area contributed by atoms with Crippen LogP contribution in [0.3, 0.4) is 0 Å². The maximum Gasteiger partial charge on any atom is 0.336 e. The van der Waals surface area contributed by atoms with Gasteiger partial charge in [0.2, 0.25) is 0 Å². The molecule has 1 saturated heterocycles. The lowest BCUT2D eigenvalue weighted by atomic mass is 10.1. The van der Waals surface area contributed by atoms with Crippen molar-refractivity contribution < 1.29 is 19.7 Å². The molecule has 0 spiro atoms. The van der Waals surface area contributed by atoms with Gasteiger partial charge in [-0.1, -0.05) is 0 Å². The van der Waals surface area contributed by atoms with Crippen molar-refractivity contribution in [1.82, 2.24) is 0 Å². The number of carbonyl (C=O) groups is 1. The van der Waals surface area contributed by atoms with Crippen LogP contribution in [0.15, 0.2) is 0 Å². The van der Waals surface area contributed by atoms with Crippen LogP contribution < -0.4 is 0 Å². The number of aliphatic carboxylic acids is 1. The third-order valence-electron chi connectivity index (χ3n) is 2.35. The minimum Gasteiger partial charge on any atom is -0.479 e. The lowest BCUT2D eigenvalue weighted by Crippen LogP contribution is -2.38. The fraction of sp³-hybridized carbons (Fsp3) is 0.889. The first kappa shape index (κ1) is 11.8. The Kier molecular flexibility index (Phi) is 3.80. The van der Waals surface area contributed by atoms with Crippen molar-refractivity contribution in [2.45, 2.75) is 37.2 Å². The summed E-state index contributed by atoms with van der Waals surface area (Å²) in [4.78, 5) is 10.6. The summed E-state index contributed by atoms with van der Waals surface area (Å²) in [5.74, 6) is -0.961. The van der Waals surface area contributed by atoms with Crippen LogP contribution in [-0.4, -0.2) is 45.5 Å². The van der Waals surface area contributed by atoms with Crippen molar-refractivity contribution >= 4 is 17.7 Å². The van der Waals surface area contributed by atoms with E-state index in [9.17, 15) is 9.90 Å². The lowest BCUT2D eigenvalue weighted by Gasteiger charge is -2.20. The molecule has 0 aromatic heterocycles. The Morgan fingerprint density at radius 2 is 2.36 bits per heavy atom. The van der Waals surface area contributed by atoms with E-state index in [1.807, 2.05) is 6.92 Å². The molecule has 0 aromatic carbocycles. The number of hydrogen-bond acceptors (Lipinski definition) is 4. The van der Waals surface area contributed by atoms with Crippen molar-refractivity contribution in [2.24, 2.45) is 0 Å². The highest BCUT2D eigenvalue weighted by atomic mass is 32.2. The summed E-state index contributed by atoms with van der Waals surface area (Å²) in [6, 6.07) is 0. The summed E-state index contributed by atoms with van der Waals surface area (Å²) in [5.41, 5.74) is -1.63. The average molecular weight is 220 g/mol. The fourth-order valence-corrected chi connectivity index (χ4v) is 2.54. The minimum absolute atomic E-state index is 0.157. The van der Waals surface area contributed by atoms with Gasteiger partial charge in [-0.05, 0) is 20.3 Å². The number of hydrogen-bond donors (Lipinski definition) is 2. The summed E-state index contributed by atoms with van der Waals surface area (Å²) in [6.45, 7) is 4.02. The number of thioether (sulfide) groups is 1. The molecule has 1 fully saturated rings. The Hall–Kier alpha value is -0.260. The monoisotopic (exact) mass is 220 g/mol. The van der Waals surface area contributed by atoms with Crippen LogP contribution in [-0.2, 0) is 9.53 Å². The molecule has 82 valence electrons. The number of carboxylic acid groups (broad SMARTS) is 1. The maximum absolute atomic E-state index is 10.6. The Balaban J connectivity index is 2.36. The molecule has 1 aliphatic heterocycles. The second-order valence-corrected chi connectivity index (χ2v) is 5.02. The van der Waals surface area contributed by atoms with Crippen molar-refractivity contribution in [3.63, 3.8) is 0 Å². The predicted molar refractivity (Wildman–Crippen MR) is 54.5 cm³/mol. The van der Waals surface area contributed by atoms with Gasteiger partial charge in [-0.2, -0.15) is 11.8 Å². The first-order valence-corrected chi connectivity index (χ1v) is 5.67. The van der Waals surface area contributed by atoms with Gasteiger partial charge >= 0.3 is 5.97 Å². The topological polar surface area (TPSA) is 66.8 Å². The van der Waals surface area contributed by atoms with Gasteiger partial charge in [0.05, 0.1) is 6.10 Å². The zero-order valence-corrected chi connectivity index (χ0v) is 9.21. The number of ether oxygens (including phenoxy) is 1. The minimum atomic E-state index is -1.63. The predicted octanol–water partition coefficient (Wildman–Crippen LogP) is 0.733. The molecular formula is C9H16O4S. The fourth-order valence-electron chi connectivity index (χ4n) is 1.26. The molecule has 1 rings (SSSR count). The van der Waals surface area contributed by atoms with Crippen LogP contribution in [0.25, 0.3) is 0 Å². The van der Waals surface area contributed by atoms with Crippen molar-refractivity contribution in [1.29, 1.82) is 0 Å². The van der Waals surface area contributed by atoms with Gasteiger partial charge in [-0.25, -0.2) is 4.79 Å². The van der Waals surface area contributed by atoms with Gasteiger partial charge in [0.15, 0.2) is 5.60 Å². The highest BCUT2D eigenvalue weighted by molar-refractivity contribution is 8.00. The summed E-state index contributed by atoms with van der Waals surface area (Å²) < 4.78 is 5.34. The molecule has 4 nitrogen and oxygen atoms in total. The van der Waals surface area contributed by atoms with Gasteiger partial charge in [-0.3, -0.25) is 0 Å². The Bertz CT molecular complexity index is 217. The Labute approximate surface area is 87.6 Å². The molecule has 2 N–H and O–H groups in total. The van der Waals surface area contributed by atoms with E-state index in [0.717, 1.165) is 13.0 Å². The van der Waals surface area contributed by atoms with E-state index in [0.29, 0.717) is 5.25 Å². The highest BCUT2D eigenvalue weighted by Crippen LogP contribution is 2.28. The van der Waals surface area contributed by atoms with Crippen LogP contribution in [0.5, 0.6) is 0 Å². The number of carboxylic acids is 1. The molecule has 1 heterocycles. The molecule has 0 bridgehead atoms. The molecule has 5 heteroatoms. The van der Waals surface area contributed by atoms with Gasteiger partial charge in [0.1, 0.15) is 0 Å². The molecule has 3 unspecified atom stereocenters. The smallest absolute Gasteiger partial charge is 0.336 e. The molecule has 14 heavy (non-hydrogen) atoms. The summed E-state index contributed by atoms with van der Waals surface area (Å²) in [6.07, 6.45) is 1.09. The quantitative estimate of drug-likeness (QED) is 0.731. The second kappa shape index (κ2) is 4.51. The van der Waals surface area contributed by atoms with E-state index in [2.05, 4.69) is 0 Å². The van der Waals surface area contributed by atoms with Crippen LogP contribution >= 0.6 is 11.8 Å². The third kappa shape index (κ3) is 2.87. The number of rotatable bonds is 4. The highest BCUT2D eigenvalue weighted by Gasteiger charge is 2.33. The lowest BCUT2D eigenvalue weighted by molar-refractivity contribution is -0.154. The molecule has 0 amide bonds. The van der Waals surface area contributed by atoms with Gasteiger partial charge in [-0.15, -0.1) is 0 Å². The van der Waals surface area contributed by atoms with Crippen LogP contribution in [0.4, 0.5) is 0 Å². The van der Waals surface area contributed by atoms with Crippen molar-refractivity contribution in [3.05, 3.63) is 0 Å². The molecule has 0 aliphatic carbocycles. The van der Waals surface area contributed by atoms with E-state index in [-0.39, 0.29) is 11.9 Å². The largest absolute Gasteiger partial charge is 0.479 e. The zero-order valence-electron chi connectivity index (χ0n) is 8.40. The Morgan fingerprint density at radius 3 is 2.79 bits per heavy atom. The molecular weight excluding hydrogens is 204 g/mol. The van der Waals surface area contributed by atoms with Gasteiger partial charge in [0, 0.05) is 17.6 Å². The SMILES string of the molecule is CC1OCCC1SCC(C)(O)C(=O)O. The van der Waals surface area contributed by atoms with Crippen LogP contribution in [0, 0.1) is 0 Å². The summed E-state index contributed by atoms with van der Waals surface area (Å²) in [5, 5.41) is 18.5. The van der Waals surface area contributed by atoms with E-state index >= 15 is 0 Å². The van der Waals surface area contributed by atoms with Crippen molar-refractivity contribution in [2.75, 3.05) is 12.4 Å². The number of aliphatic hydroxyl groups is 1. The molecule has 3 atom stereocenters. The normalized spacial score (nSPS) is 31.4. The molecule has 0 aromatic rings. The van der Waals surface area contributed by atoms with E-state index < -0.39 is 11.6 Å². The van der Waals surface area contributed by atoms with E-state index in [4.69, 9.17) is 9.84 Å². The van der Waals surface area contributed by atoms with Crippen molar-refractivity contribution in [3.8, 4) is 0 Å². The van der Waals surface area contributed by atoms with E-state index in [1.54, 1.807) is 0 Å². The third-order valence-corrected chi connectivity index (χ3v) is 4.12. The first-order valence-electron chi connectivity index (χ1n) is 4.62. The Morgan fingerprint density at radius 1 is 1.71 bits per heavy atom.